The van der Waals surface area contributed by atoms with Gasteiger partial charge in [-0.3, -0.25) is 9.20 Å². The normalized spacial score (nSPS) is 11.1. The lowest BCUT2D eigenvalue weighted by Gasteiger charge is -1.98. The summed E-state index contributed by atoms with van der Waals surface area (Å²) in [7, 11) is 1.36. The smallest absolute Gasteiger partial charge is 0.293 e. The molecule has 0 aliphatic rings. The summed E-state index contributed by atoms with van der Waals surface area (Å²) in [6.07, 6.45) is 1.67. The van der Waals surface area contributed by atoms with E-state index in [-0.39, 0.29) is 17.4 Å². The zero-order valence-electron chi connectivity index (χ0n) is 10.8. The SMILES string of the molecule is CC(=O)c1nc(-n2[nH]c(=O)n(C)c2=O)n2ccccc12. The van der Waals surface area contributed by atoms with Crippen LogP contribution in [-0.2, 0) is 7.05 Å². The molecule has 3 heterocycles. The van der Waals surface area contributed by atoms with E-state index in [4.69, 9.17) is 0 Å². The predicted molar refractivity (Wildman–Crippen MR) is 70.4 cm³/mol. The Morgan fingerprint density at radius 3 is 2.65 bits per heavy atom. The highest BCUT2D eigenvalue weighted by atomic mass is 16.2. The van der Waals surface area contributed by atoms with Gasteiger partial charge in [0.1, 0.15) is 5.69 Å². The fraction of sp³-hybridized carbons (Fsp3) is 0.167. The molecule has 0 radical (unpaired) electrons. The van der Waals surface area contributed by atoms with Gasteiger partial charge >= 0.3 is 11.4 Å². The first kappa shape index (κ1) is 12.2. The maximum atomic E-state index is 12.0. The molecule has 0 atom stereocenters. The Kier molecular flexibility index (Phi) is 2.46. The fourth-order valence-electron chi connectivity index (χ4n) is 2.03. The molecule has 3 aromatic rings. The molecular formula is C12H11N5O3. The maximum Gasteiger partial charge on any atom is 0.354 e. The van der Waals surface area contributed by atoms with Crippen molar-refractivity contribution in [3.63, 3.8) is 0 Å². The Bertz CT molecular complexity index is 940. The number of aromatic nitrogens is 5. The average molecular weight is 273 g/mol. The fourth-order valence-corrected chi connectivity index (χ4v) is 2.03. The number of Topliss-reactive ketones (excluding diaryl/α,β-unsaturated/α-hetero) is 1. The molecule has 0 fully saturated rings. The summed E-state index contributed by atoms with van der Waals surface area (Å²) in [6.45, 7) is 1.40. The highest BCUT2D eigenvalue weighted by Crippen LogP contribution is 2.14. The third kappa shape index (κ3) is 1.54. The lowest BCUT2D eigenvalue weighted by molar-refractivity contribution is 0.101. The second-order valence-corrected chi connectivity index (χ2v) is 4.37. The van der Waals surface area contributed by atoms with Gasteiger partial charge in [-0.05, 0) is 12.1 Å². The molecule has 8 heteroatoms. The number of aromatic amines is 1. The average Bonchev–Trinajstić information content (AvgIpc) is 2.92. The van der Waals surface area contributed by atoms with Crippen LogP contribution in [0.2, 0.25) is 0 Å². The van der Waals surface area contributed by atoms with Crippen molar-refractivity contribution < 1.29 is 4.79 Å². The van der Waals surface area contributed by atoms with Crippen LogP contribution in [0.1, 0.15) is 17.4 Å². The van der Waals surface area contributed by atoms with Crippen LogP contribution in [-0.4, -0.2) is 29.5 Å². The van der Waals surface area contributed by atoms with Crippen LogP contribution in [0, 0.1) is 0 Å². The van der Waals surface area contributed by atoms with E-state index >= 15 is 0 Å². The highest BCUT2D eigenvalue weighted by Gasteiger charge is 2.18. The summed E-state index contributed by atoms with van der Waals surface area (Å²) in [6, 6.07) is 5.23. The number of H-pyrrole nitrogens is 1. The van der Waals surface area contributed by atoms with Crippen LogP contribution in [0.3, 0.4) is 0 Å². The van der Waals surface area contributed by atoms with E-state index in [0.717, 1.165) is 9.25 Å². The van der Waals surface area contributed by atoms with Crippen LogP contribution in [0.4, 0.5) is 0 Å². The van der Waals surface area contributed by atoms with Crippen LogP contribution >= 0.6 is 0 Å². The number of imidazole rings is 1. The Morgan fingerprint density at radius 2 is 2.05 bits per heavy atom. The lowest BCUT2D eigenvalue weighted by atomic mass is 10.2. The molecule has 0 amide bonds. The van der Waals surface area contributed by atoms with E-state index in [0.29, 0.717) is 5.52 Å². The molecule has 102 valence electrons. The Labute approximate surface area is 111 Å². The number of pyridine rings is 1. The maximum absolute atomic E-state index is 12.0. The van der Waals surface area contributed by atoms with E-state index in [9.17, 15) is 14.4 Å². The number of fused-ring (bicyclic) bond motifs is 1. The van der Waals surface area contributed by atoms with E-state index in [1.165, 1.54) is 14.0 Å². The molecule has 3 aromatic heterocycles. The van der Waals surface area contributed by atoms with Crippen molar-refractivity contribution in [2.24, 2.45) is 7.05 Å². The van der Waals surface area contributed by atoms with Gasteiger partial charge in [-0.25, -0.2) is 24.2 Å². The summed E-state index contributed by atoms with van der Waals surface area (Å²) >= 11 is 0. The van der Waals surface area contributed by atoms with E-state index in [1.54, 1.807) is 28.8 Å². The van der Waals surface area contributed by atoms with Crippen LogP contribution in [0.5, 0.6) is 0 Å². The molecule has 0 bridgehead atoms. The molecule has 0 unspecified atom stereocenters. The number of rotatable bonds is 2. The second-order valence-electron chi connectivity index (χ2n) is 4.37. The topological polar surface area (TPSA) is 94.2 Å². The van der Waals surface area contributed by atoms with Crippen molar-refractivity contribution in [2.45, 2.75) is 6.92 Å². The van der Waals surface area contributed by atoms with E-state index in [1.807, 2.05) is 0 Å². The first-order valence-electron chi connectivity index (χ1n) is 5.87. The zero-order valence-corrected chi connectivity index (χ0v) is 10.8. The Hall–Kier alpha value is -2.90. The minimum Gasteiger partial charge on any atom is -0.293 e. The summed E-state index contributed by atoms with van der Waals surface area (Å²) < 4.78 is 3.52. The largest absolute Gasteiger partial charge is 0.354 e. The Morgan fingerprint density at radius 1 is 1.30 bits per heavy atom. The number of carbonyl (C=O) groups excluding carboxylic acids is 1. The van der Waals surface area contributed by atoms with Crippen LogP contribution in [0.25, 0.3) is 11.5 Å². The summed E-state index contributed by atoms with van der Waals surface area (Å²) in [5, 5.41) is 2.39. The molecule has 8 nitrogen and oxygen atoms in total. The summed E-state index contributed by atoms with van der Waals surface area (Å²) in [5.41, 5.74) is -0.281. The minimum absolute atomic E-state index is 0.175. The third-order valence-corrected chi connectivity index (χ3v) is 3.05. The van der Waals surface area contributed by atoms with Crippen molar-refractivity contribution in [1.82, 2.24) is 23.7 Å². The van der Waals surface area contributed by atoms with Crippen molar-refractivity contribution in [3.05, 3.63) is 51.1 Å². The Balaban J connectivity index is 2.43. The third-order valence-electron chi connectivity index (χ3n) is 3.05. The second kappa shape index (κ2) is 4.05. The van der Waals surface area contributed by atoms with Gasteiger partial charge in [0.25, 0.3) is 0 Å². The molecule has 0 spiro atoms. The molecule has 0 saturated carbocycles. The minimum atomic E-state index is -0.555. The van der Waals surface area contributed by atoms with Crippen molar-refractivity contribution in [3.8, 4) is 5.95 Å². The summed E-state index contributed by atoms with van der Waals surface area (Å²) in [4.78, 5) is 39.3. The predicted octanol–water partition coefficient (Wildman–Crippen LogP) is -0.285. The van der Waals surface area contributed by atoms with E-state index in [2.05, 4.69) is 10.1 Å². The first-order valence-corrected chi connectivity index (χ1v) is 5.87. The van der Waals surface area contributed by atoms with E-state index < -0.39 is 11.4 Å². The number of hydrogen-bond acceptors (Lipinski definition) is 4. The van der Waals surface area contributed by atoms with Crippen LogP contribution < -0.4 is 11.4 Å². The molecule has 20 heavy (non-hydrogen) atoms. The molecule has 3 rings (SSSR count). The number of nitrogens with zero attached hydrogens (tertiary/aromatic N) is 4. The van der Waals surface area contributed by atoms with Gasteiger partial charge in [0.05, 0.1) is 5.52 Å². The van der Waals surface area contributed by atoms with Gasteiger partial charge in [-0.2, -0.15) is 4.68 Å². The number of carbonyl (C=O) groups is 1. The molecule has 1 N–H and O–H groups in total. The van der Waals surface area contributed by atoms with Gasteiger partial charge in [-0.15, -0.1) is 0 Å². The van der Waals surface area contributed by atoms with Gasteiger partial charge in [0.2, 0.25) is 5.95 Å². The van der Waals surface area contributed by atoms with Gasteiger partial charge in [0.15, 0.2) is 5.78 Å². The zero-order chi connectivity index (χ0) is 14.4. The monoisotopic (exact) mass is 273 g/mol. The molecular weight excluding hydrogens is 262 g/mol. The van der Waals surface area contributed by atoms with Gasteiger partial charge in [-0.1, -0.05) is 6.07 Å². The van der Waals surface area contributed by atoms with Crippen molar-refractivity contribution >= 4 is 11.3 Å². The lowest BCUT2D eigenvalue weighted by Crippen LogP contribution is -2.25. The molecule has 0 aliphatic heterocycles. The van der Waals surface area contributed by atoms with Gasteiger partial charge < -0.3 is 0 Å². The highest BCUT2D eigenvalue weighted by molar-refractivity contribution is 5.99. The summed E-state index contributed by atoms with van der Waals surface area (Å²) in [5.74, 6) is -0.0419. The van der Waals surface area contributed by atoms with Crippen LogP contribution in [0.15, 0.2) is 34.0 Å². The molecule has 0 aromatic carbocycles. The quantitative estimate of drug-likeness (QED) is 0.649. The number of ketones is 1. The van der Waals surface area contributed by atoms with Crippen molar-refractivity contribution in [2.75, 3.05) is 0 Å². The van der Waals surface area contributed by atoms with Crippen molar-refractivity contribution in [1.29, 1.82) is 0 Å². The number of hydrogen-bond donors (Lipinski definition) is 1. The first-order chi connectivity index (χ1) is 9.50. The molecule has 0 aliphatic carbocycles. The number of nitrogens with one attached hydrogen (secondary N) is 1. The molecule has 0 saturated heterocycles. The standard InChI is InChI=1S/C12H11N5O3/c1-7(18)9-8-5-3-4-6-16(8)10(13-9)17-12(20)15(2)11(19)14-17/h3-6H,1-2H3,(H,14,19). The van der Waals surface area contributed by atoms with Gasteiger partial charge in [0, 0.05) is 20.2 Å².